The van der Waals surface area contributed by atoms with E-state index in [1.165, 1.54) is 11.8 Å². The first kappa shape index (κ1) is 22.9. The number of hydrogen-bond acceptors (Lipinski definition) is 6. The highest BCUT2D eigenvalue weighted by Gasteiger charge is 2.27. The number of rotatable bonds is 5. The third-order valence-electron chi connectivity index (χ3n) is 6.30. The molecular weight excluding hydrogens is 440 g/mol. The maximum absolute atomic E-state index is 12.6. The van der Waals surface area contributed by atoms with Crippen LogP contribution in [0, 0.1) is 25.2 Å². The molecule has 0 spiro atoms. The zero-order valence-electron chi connectivity index (χ0n) is 18.9. The first-order valence-electron chi connectivity index (χ1n) is 11.0. The molecule has 2 aliphatic rings. The molecule has 1 atom stereocenters. The van der Waals surface area contributed by atoms with Gasteiger partial charge in [-0.25, -0.2) is 4.79 Å². The standard InChI is InChI=1S/C24H26N4O4S/c1-13-14(2)28(17-6-4-5-7-17)22(18(13)11-25)27-21(29)12-32-24(31)16-8-9-20-19(10-16)26-23(30)15(3)33-20/h8-10,15,17H,4-7,12H2,1-3H3,(H,26,30)(H,27,29). The van der Waals surface area contributed by atoms with Crippen molar-refractivity contribution >= 4 is 41.1 Å². The summed E-state index contributed by atoms with van der Waals surface area (Å²) in [5.74, 6) is -0.818. The third kappa shape index (κ3) is 4.48. The van der Waals surface area contributed by atoms with Crippen molar-refractivity contribution in [1.82, 2.24) is 4.57 Å². The molecule has 2 N–H and O–H groups in total. The largest absolute Gasteiger partial charge is 0.452 e. The van der Waals surface area contributed by atoms with Crippen LogP contribution in [0.15, 0.2) is 23.1 Å². The Morgan fingerprint density at radius 1 is 1.30 bits per heavy atom. The summed E-state index contributed by atoms with van der Waals surface area (Å²) in [5, 5.41) is 15.0. The lowest BCUT2D eigenvalue weighted by molar-refractivity contribution is -0.119. The van der Waals surface area contributed by atoms with Crippen LogP contribution < -0.4 is 10.6 Å². The number of amides is 2. The van der Waals surface area contributed by atoms with E-state index in [0.717, 1.165) is 41.8 Å². The van der Waals surface area contributed by atoms with Crippen molar-refractivity contribution in [2.45, 2.75) is 62.6 Å². The summed E-state index contributed by atoms with van der Waals surface area (Å²) in [4.78, 5) is 37.9. The molecule has 172 valence electrons. The van der Waals surface area contributed by atoms with Crippen LogP contribution in [-0.2, 0) is 14.3 Å². The number of benzene rings is 1. The highest BCUT2D eigenvalue weighted by atomic mass is 32.2. The van der Waals surface area contributed by atoms with E-state index in [4.69, 9.17) is 4.74 Å². The van der Waals surface area contributed by atoms with Crippen LogP contribution in [0.3, 0.4) is 0 Å². The van der Waals surface area contributed by atoms with Crippen LogP contribution in [0.2, 0.25) is 0 Å². The number of ether oxygens (including phenoxy) is 1. The van der Waals surface area contributed by atoms with Crippen LogP contribution in [0.4, 0.5) is 11.5 Å². The zero-order chi connectivity index (χ0) is 23.7. The van der Waals surface area contributed by atoms with Crippen LogP contribution >= 0.6 is 11.8 Å². The number of thioether (sulfide) groups is 1. The number of esters is 1. The maximum Gasteiger partial charge on any atom is 0.338 e. The minimum absolute atomic E-state index is 0.124. The summed E-state index contributed by atoms with van der Waals surface area (Å²) < 4.78 is 7.26. The van der Waals surface area contributed by atoms with Crippen molar-refractivity contribution in [2.75, 3.05) is 17.2 Å². The summed E-state index contributed by atoms with van der Waals surface area (Å²) in [7, 11) is 0. The monoisotopic (exact) mass is 466 g/mol. The number of nitrogens with zero attached hydrogens (tertiary/aromatic N) is 2. The van der Waals surface area contributed by atoms with E-state index in [0.29, 0.717) is 17.1 Å². The van der Waals surface area contributed by atoms with E-state index in [-0.39, 0.29) is 22.8 Å². The van der Waals surface area contributed by atoms with Gasteiger partial charge in [-0.2, -0.15) is 5.26 Å². The van der Waals surface area contributed by atoms with E-state index in [1.807, 2.05) is 25.3 Å². The predicted molar refractivity (Wildman–Crippen MR) is 125 cm³/mol. The van der Waals surface area contributed by atoms with Crippen molar-refractivity contribution in [3.8, 4) is 6.07 Å². The molecule has 4 rings (SSSR count). The van der Waals surface area contributed by atoms with Gasteiger partial charge in [0.25, 0.3) is 5.91 Å². The van der Waals surface area contributed by atoms with Crippen molar-refractivity contribution in [3.05, 3.63) is 40.6 Å². The quantitative estimate of drug-likeness (QED) is 0.635. The average molecular weight is 467 g/mol. The lowest BCUT2D eigenvalue weighted by Crippen LogP contribution is -2.27. The average Bonchev–Trinajstić information content (AvgIpc) is 3.39. The molecule has 1 aromatic heterocycles. The van der Waals surface area contributed by atoms with Gasteiger partial charge < -0.3 is 19.9 Å². The molecule has 33 heavy (non-hydrogen) atoms. The van der Waals surface area contributed by atoms with E-state index < -0.39 is 18.5 Å². The topological polar surface area (TPSA) is 113 Å². The second-order valence-corrected chi connectivity index (χ2v) is 9.82. The van der Waals surface area contributed by atoms with E-state index in [1.54, 1.807) is 18.2 Å². The van der Waals surface area contributed by atoms with Crippen LogP contribution in [0.25, 0.3) is 0 Å². The van der Waals surface area contributed by atoms with Crippen molar-refractivity contribution in [2.24, 2.45) is 0 Å². The normalized spacial score (nSPS) is 17.8. The Labute approximate surface area is 196 Å². The van der Waals surface area contributed by atoms with Crippen molar-refractivity contribution < 1.29 is 19.1 Å². The number of aromatic nitrogens is 1. The molecule has 0 bridgehead atoms. The second-order valence-electron chi connectivity index (χ2n) is 8.44. The number of fused-ring (bicyclic) bond motifs is 1. The Kier molecular flexibility index (Phi) is 6.47. The Balaban J connectivity index is 1.45. The molecule has 1 aliphatic carbocycles. The highest BCUT2D eigenvalue weighted by Crippen LogP contribution is 2.38. The fourth-order valence-electron chi connectivity index (χ4n) is 4.42. The predicted octanol–water partition coefficient (Wildman–Crippen LogP) is 4.32. The van der Waals surface area contributed by atoms with Gasteiger partial charge in [-0.05, 0) is 57.4 Å². The minimum atomic E-state index is -0.662. The Morgan fingerprint density at radius 3 is 2.73 bits per heavy atom. The Morgan fingerprint density at radius 2 is 2.03 bits per heavy atom. The molecule has 1 saturated carbocycles. The molecular formula is C24H26N4O4S. The van der Waals surface area contributed by atoms with Gasteiger partial charge in [-0.1, -0.05) is 12.8 Å². The van der Waals surface area contributed by atoms with Gasteiger partial charge in [0.05, 0.1) is 22.1 Å². The smallest absolute Gasteiger partial charge is 0.338 e. The number of carbonyl (C=O) groups is 3. The molecule has 1 aromatic carbocycles. The van der Waals surface area contributed by atoms with Gasteiger partial charge in [-0.3, -0.25) is 9.59 Å². The molecule has 0 radical (unpaired) electrons. The van der Waals surface area contributed by atoms with E-state index in [9.17, 15) is 19.6 Å². The Hall–Kier alpha value is -3.25. The number of nitrogens with one attached hydrogen (secondary N) is 2. The van der Waals surface area contributed by atoms with Crippen LogP contribution in [-0.4, -0.2) is 34.2 Å². The molecule has 2 heterocycles. The fraction of sp³-hybridized carbons (Fsp3) is 0.417. The molecule has 2 aromatic rings. The number of carbonyl (C=O) groups excluding carboxylic acids is 3. The number of nitriles is 1. The summed E-state index contributed by atoms with van der Waals surface area (Å²) in [6, 6.07) is 7.37. The summed E-state index contributed by atoms with van der Waals surface area (Å²) >= 11 is 1.42. The van der Waals surface area contributed by atoms with Crippen LogP contribution in [0.5, 0.6) is 0 Å². The second kappa shape index (κ2) is 9.32. The lowest BCUT2D eigenvalue weighted by atomic mass is 10.2. The van der Waals surface area contributed by atoms with Gasteiger partial charge in [-0.15, -0.1) is 11.8 Å². The van der Waals surface area contributed by atoms with Crippen molar-refractivity contribution in [1.29, 1.82) is 5.26 Å². The van der Waals surface area contributed by atoms with Gasteiger partial charge in [0.15, 0.2) is 6.61 Å². The maximum atomic E-state index is 12.6. The molecule has 1 fully saturated rings. The zero-order valence-corrected chi connectivity index (χ0v) is 19.7. The summed E-state index contributed by atoms with van der Waals surface area (Å²) in [6.45, 7) is 5.17. The van der Waals surface area contributed by atoms with Gasteiger partial charge in [0.2, 0.25) is 5.91 Å². The van der Waals surface area contributed by atoms with Gasteiger partial charge >= 0.3 is 5.97 Å². The van der Waals surface area contributed by atoms with E-state index >= 15 is 0 Å². The lowest BCUT2D eigenvalue weighted by Gasteiger charge is -2.21. The van der Waals surface area contributed by atoms with Gasteiger partial charge in [0.1, 0.15) is 11.9 Å². The summed E-state index contributed by atoms with van der Waals surface area (Å²) in [5.41, 5.74) is 3.06. The van der Waals surface area contributed by atoms with Gasteiger partial charge in [0, 0.05) is 16.6 Å². The molecule has 1 unspecified atom stereocenters. The minimum Gasteiger partial charge on any atom is -0.452 e. The molecule has 9 heteroatoms. The first-order chi connectivity index (χ1) is 15.8. The fourth-order valence-corrected chi connectivity index (χ4v) is 5.35. The summed E-state index contributed by atoms with van der Waals surface area (Å²) in [6.07, 6.45) is 4.24. The van der Waals surface area contributed by atoms with Crippen molar-refractivity contribution in [3.63, 3.8) is 0 Å². The Bertz CT molecular complexity index is 1170. The third-order valence-corrected chi connectivity index (χ3v) is 7.47. The van der Waals surface area contributed by atoms with E-state index in [2.05, 4.69) is 16.7 Å². The SMILES string of the molecule is Cc1c(C#N)c(NC(=O)COC(=O)c2ccc3c(c2)NC(=O)C(C)S3)n(C2CCCC2)c1C. The molecule has 0 saturated heterocycles. The number of anilines is 2. The highest BCUT2D eigenvalue weighted by molar-refractivity contribution is 8.00. The first-order valence-corrected chi connectivity index (χ1v) is 11.9. The number of hydrogen-bond donors (Lipinski definition) is 2. The molecule has 8 nitrogen and oxygen atoms in total. The molecule has 2 amide bonds. The molecule has 1 aliphatic heterocycles. The van der Waals surface area contributed by atoms with Crippen LogP contribution in [0.1, 0.15) is 65.8 Å².